The van der Waals surface area contributed by atoms with Crippen LogP contribution in [0.25, 0.3) is 16.3 Å². The summed E-state index contributed by atoms with van der Waals surface area (Å²) in [7, 11) is 0. The summed E-state index contributed by atoms with van der Waals surface area (Å²) >= 11 is 0. The minimum Gasteiger partial charge on any atom is -0.482 e. The molecule has 1 spiro atoms. The molecule has 118 valence electrons. The molecule has 2 aromatic carbocycles. The molecule has 1 fully saturated rings. The van der Waals surface area contributed by atoms with Gasteiger partial charge in [-0.1, -0.05) is 42.8 Å². The molecule has 0 aromatic heterocycles. The molecule has 23 heavy (non-hydrogen) atoms. The van der Waals surface area contributed by atoms with Gasteiger partial charge in [-0.25, -0.2) is 0 Å². The minimum atomic E-state index is 0.0190. The standard InChI is InChI=1S/C22H24O/c1-6-14-22(15-7-1)20-11-5-4-10-18(20)19-13-12-16-8-2-3-9-17(16)21(19)23-22/h2-3,8-9,12-13H,1,4-7,10-11,14-15H2. The van der Waals surface area contributed by atoms with E-state index < -0.39 is 0 Å². The molecule has 1 heterocycles. The first-order chi connectivity index (χ1) is 11.4. The van der Waals surface area contributed by atoms with Crippen molar-refractivity contribution in [2.75, 3.05) is 0 Å². The van der Waals surface area contributed by atoms with Crippen LogP contribution in [0.4, 0.5) is 0 Å². The lowest BCUT2D eigenvalue weighted by Crippen LogP contribution is -2.43. The highest BCUT2D eigenvalue weighted by Crippen LogP contribution is 2.53. The maximum atomic E-state index is 6.89. The van der Waals surface area contributed by atoms with E-state index in [1.54, 1.807) is 11.1 Å². The molecule has 0 bridgehead atoms. The van der Waals surface area contributed by atoms with Crippen molar-refractivity contribution < 1.29 is 4.74 Å². The second-order valence-corrected chi connectivity index (χ2v) is 7.48. The zero-order valence-corrected chi connectivity index (χ0v) is 13.7. The third-order valence-corrected chi connectivity index (χ3v) is 6.18. The van der Waals surface area contributed by atoms with Crippen molar-refractivity contribution in [1.82, 2.24) is 0 Å². The third-order valence-electron chi connectivity index (χ3n) is 6.18. The Morgan fingerprint density at radius 3 is 2.52 bits per heavy atom. The number of hydrogen-bond acceptors (Lipinski definition) is 1. The predicted octanol–water partition coefficient (Wildman–Crippen LogP) is 6.26. The molecule has 0 amide bonds. The fourth-order valence-corrected chi connectivity index (χ4v) is 5.08. The molecule has 1 saturated carbocycles. The van der Waals surface area contributed by atoms with Gasteiger partial charge in [-0.05, 0) is 67.9 Å². The second-order valence-electron chi connectivity index (χ2n) is 7.48. The molecule has 0 atom stereocenters. The summed E-state index contributed by atoms with van der Waals surface area (Å²) in [6.07, 6.45) is 11.6. The van der Waals surface area contributed by atoms with Gasteiger partial charge in [0.1, 0.15) is 11.4 Å². The fourth-order valence-electron chi connectivity index (χ4n) is 5.08. The third kappa shape index (κ3) is 1.99. The first-order valence-electron chi connectivity index (χ1n) is 9.31. The van der Waals surface area contributed by atoms with E-state index in [1.165, 1.54) is 79.9 Å². The van der Waals surface area contributed by atoms with E-state index in [0.717, 1.165) is 0 Å². The average molecular weight is 304 g/mol. The lowest BCUT2D eigenvalue weighted by molar-refractivity contribution is 0.0591. The van der Waals surface area contributed by atoms with Crippen molar-refractivity contribution in [1.29, 1.82) is 0 Å². The van der Waals surface area contributed by atoms with Gasteiger partial charge >= 0.3 is 0 Å². The van der Waals surface area contributed by atoms with Crippen LogP contribution in [-0.4, -0.2) is 5.60 Å². The number of hydrogen-bond donors (Lipinski definition) is 0. The molecule has 3 aliphatic rings. The fraction of sp³-hybridized carbons (Fsp3) is 0.455. The Kier molecular flexibility index (Phi) is 3.04. The molecule has 2 aliphatic carbocycles. The highest BCUT2D eigenvalue weighted by Gasteiger charge is 2.44. The van der Waals surface area contributed by atoms with Crippen molar-refractivity contribution in [3.8, 4) is 5.75 Å². The van der Waals surface area contributed by atoms with Crippen molar-refractivity contribution in [3.63, 3.8) is 0 Å². The van der Waals surface area contributed by atoms with Gasteiger partial charge in [0.15, 0.2) is 0 Å². The zero-order valence-electron chi connectivity index (χ0n) is 13.7. The van der Waals surface area contributed by atoms with Gasteiger partial charge in [0, 0.05) is 10.9 Å². The van der Waals surface area contributed by atoms with Gasteiger partial charge in [0.2, 0.25) is 0 Å². The van der Waals surface area contributed by atoms with E-state index in [9.17, 15) is 0 Å². The van der Waals surface area contributed by atoms with E-state index in [-0.39, 0.29) is 5.60 Å². The Morgan fingerprint density at radius 1 is 0.783 bits per heavy atom. The van der Waals surface area contributed by atoms with Gasteiger partial charge in [-0.15, -0.1) is 0 Å². The second kappa shape index (κ2) is 5.12. The molecule has 0 N–H and O–H groups in total. The smallest absolute Gasteiger partial charge is 0.135 e. The first kappa shape index (κ1) is 13.7. The normalized spacial score (nSPS) is 22.6. The topological polar surface area (TPSA) is 9.23 Å². The molecule has 1 nitrogen and oxygen atoms in total. The van der Waals surface area contributed by atoms with E-state index in [4.69, 9.17) is 4.74 Å². The molecular weight excluding hydrogens is 280 g/mol. The van der Waals surface area contributed by atoms with Crippen LogP contribution in [0.1, 0.15) is 63.4 Å². The van der Waals surface area contributed by atoms with Crippen molar-refractivity contribution in [2.24, 2.45) is 0 Å². The average Bonchev–Trinajstić information content (AvgIpc) is 2.63. The summed E-state index contributed by atoms with van der Waals surface area (Å²) in [4.78, 5) is 0. The van der Waals surface area contributed by atoms with Crippen LogP contribution < -0.4 is 4.74 Å². The lowest BCUT2D eigenvalue weighted by Gasteiger charge is -2.46. The SMILES string of the molecule is c1ccc2c3c(ccc2c1)C1=C(CCCC1)C1(CCCCC1)O3. The number of ether oxygens (including phenoxy) is 1. The van der Waals surface area contributed by atoms with Crippen LogP contribution in [0.3, 0.4) is 0 Å². The summed E-state index contributed by atoms with van der Waals surface area (Å²) in [5.41, 5.74) is 4.69. The molecule has 0 radical (unpaired) electrons. The summed E-state index contributed by atoms with van der Waals surface area (Å²) in [6.45, 7) is 0. The Morgan fingerprint density at radius 2 is 1.61 bits per heavy atom. The predicted molar refractivity (Wildman–Crippen MR) is 95.8 cm³/mol. The van der Waals surface area contributed by atoms with Crippen LogP contribution in [0, 0.1) is 0 Å². The van der Waals surface area contributed by atoms with Crippen molar-refractivity contribution >= 4 is 16.3 Å². The van der Waals surface area contributed by atoms with Gasteiger partial charge in [0.05, 0.1) is 0 Å². The van der Waals surface area contributed by atoms with Gasteiger partial charge in [-0.3, -0.25) is 0 Å². The van der Waals surface area contributed by atoms with E-state index in [2.05, 4.69) is 36.4 Å². The van der Waals surface area contributed by atoms with Crippen LogP contribution in [-0.2, 0) is 0 Å². The van der Waals surface area contributed by atoms with E-state index in [1.807, 2.05) is 0 Å². The van der Waals surface area contributed by atoms with E-state index >= 15 is 0 Å². The Labute approximate surface area is 138 Å². The molecule has 1 heteroatoms. The molecule has 5 rings (SSSR count). The Balaban J connectivity index is 1.78. The first-order valence-corrected chi connectivity index (χ1v) is 9.31. The van der Waals surface area contributed by atoms with Crippen molar-refractivity contribution in [2.45, 2.75) is 63.4 Å². The lowest BCUT2D eigenvalue weighted by atomic mass is 9.70. The largest absolute Gasteiger partial charge is 0.482 e. The van der Waals surface area contributed by atoms with Crippen LogP contribution >= 0.6 is 0 Å². The van der Waals surface area contributed by atoms with Gasteiger partial charge in [-0.2, -0.15) is 0 Å². The summed E-state index contributed by atoms with van der Waals surface area (Å²) in [6, 6.07) is 13.3. The molecular formula is C22H24O. The maximum absolute atomic E-state index is 6.89. The summed E-state index contributed by atoms with van der Waals surface area (Å²) in [5, 5.41) is 2.60. The molecule has 0 saturated heterocycles. The number of benzene rings is 2. The zero-order chi connectivity index (χ0) is 15.3. The van der Waals surface area contributed by atoms with Gasteiger partial charge in [0.25, 0.3) is 0 Å². The maximum Gasteiger partial charge on any atom is 0.135 e. The highest BCUT2D eigenvalue weighted by atomic mass is 16.5. The van der Waals surface area contributed by atoms with Crippen LogP contribution in [0.5, 0.6) is 5.75 Å². The van der Waals surface area contributed by atoms with Crippen molar-refractivity contribution in [3.05, 3.63) is 47.5 Å². The summed E-state index contributed by atoms with van der Waals surface area (Å²) in [5.74, 6) is 1.17. The minimum absolute atomic E-state index is 0.0190. The molecule has 2 aromatic rings. The molecule has 0 unspecified atom stereocenters. The quantitative estimate of drug-likeness (QED) is 0.558. The number of fused-ring (bicyclic) bond motifs is 5. The Hall–Kier alpha value is -1.76. The monoisotopic (exact) mass is 304 g/mol. The Bertz CT molecular complexity index is 793. The number of rotatable bonds is 0. The number of allylic oxidation sites excluding steroid dienone is 1. The molecule has 1 aliphatic heterocycles. The van der Waals surface area contributed by atoms with E-state index in [0.29, 0.717) is 0 Å². The highest BCUT2D eigenvalue weighted by molar-refractivity contribution is 5.95. The van der Waals surface area contributed by atoms with Gasteiger partial charge < -0.3 is 4.74 Å². The van der Waals surface area contributed by atoms with Crippen LogP contribution in [0.15, 0.2) is 42.0 Å². The van der Waals surface area contributed by atoms with Crippen LogP contribution in [0.2, 0.25) is 0 Å². The summed E-state index contributed by atoms with van der Waals surface area (Å²) < 4.78 is 6.89.